The van der Waals surface area contributed by atoms with Crippen molar-refractivity contribution in [1.82, 2.24) is 25.0 Å². The first-order valence-electron chi connectivity index (χ1n) is 9.37. The second-order valence-corrected chi connectivity index (χ2v) is 7.13. The zero-order valence-electron chi connectivity index (χ0n) is 15.8. The summed E-state index contributed by atoms with van der Waals surface area (Å²) in [7, 11) is 0. The standard InChI is InChI=1S/C19H21N5O6/c25-9-13-15(26)16(27)17(30-13)14-12(20-19(29)21-18(14)28)8-24-7-11(22-23-24)6-10-4-2-1-3-5-10/h1-5,7,13,15-17,25-27H,6,8-9H2,(H2,20,21,28,29). The maximum Gasteiger partial charge on any atom is 0.325 e. The van der Waals surface area contributed by atoms with Crippen LogP contribution in [0, 0.1) is 0 Å². The summed E-state index contributed by atoms with van der Waals surface area (Å²) in [6.07, 6.45) is -2.84. The van der Waals surface area contributed by atoms with E-state index in [1.54, 1.807) is 6.20 Å². The molecular weight excluding hydrogens is 394 g/mol. The van der Waals surface area contributed by atoms with E-state index in [4.69, 9.17) is 4.74 Å². The Labute approximate surface area is 169 Å². The molecule has 4 atom stereocenters. The smallest absolute Gasteiger partial charge is 0.325 e. The number of rotatable bonds is 6. The van der Waals surface area contributed by atoms with Gasteiger partial charge in [-0.1, -0.05) is 35.5 Å². The van der Waals surface area contributed by atoms with Crippen molar-refractivity contribution in [2.24, 2.45) is 0 Å². The van der Waals surface area contributed by atoms with Crippen LogP contribution in [-0.4, -0.2) is 65.2 Å². The molecule has 11 heteroatoms. The predicted octanol–water partition coefficient (Wildman–Crippen LogP) is -1.55. The van der Waals surface area contributed by atoms with Crippen LogP contribution in [0.2, 0.25) is 0 Å². The highest BCUT2D eigenvalue weighted by Gasteiger charge is 2.45. The summed E-state index contributed by atoms with van der Waals surface area (Å²) in [5.41, 5.74) is 0.388. The number of H-pyrrole nitrogens is 2. The zero-order valence-corrected chi connectivity index (χ0v) is 15.8. The van der Waals surface area contributed by atoms with Crippen LogP contribution >= 0.6 is 0 Å². The molecule has 0 amide bonds. The number of benzene rings is 1. The molecule has 4 rings (SSSR count). The number of nitrogens with zero attached hydrogens (tertiary/aromatic N) is 3. The van der Waals surface area contributed by atoms with Crippen molar-refractivity contribution < 1.29 is 20.1 Å². The van der Waals surface area contributed by atoms with Gasteiger partial charge in [-0.25, -0.2) is 9.48 Å². The van der Waals surface area contributed by atoms with Crippen LogP contribution in [0.4, 0.5) is 0 Å². The Balaban J connectivity index is 1.62. The molecule has 5 N–H and O–H groups in total. The van der Waals surface area contributed by atoms with Crippen LogP contribution < -0.4 is 11.2 Å². The van der Waals surface area contributed by atoms with Gasteiger partial charge in [-0.2, -0.15) is 0 Å². The number of aliphatic hydroxyl groups is 3. The Hall–Kier alpha value is -3.12. The lowest BCUT2D eigenvalue weighted by Crippen LogP contribution is -2.35. The molecule has 30 heavy (non-hydrogen) atoms. The summed E-state index contributed by atoms with van der Waals surface area (Å²) in [5.74, 6) is 0. The Bertz CT molecular complexity index is 1120. The molecule has 1 saturated heterocycles. The van der Waals surface area contributed by atoms with Crippen molar-refractivity contribution in [2.75, 3.05) is 6.61 Å². The van der Waals surface area contributed by atoms with Gasteiger partial charge in [0.25, 0.3) is 5.56 Å². The Morgan fingerprint density at radius 3 is 2.57 bits per heavy atom. The predicted molar refractivity (Wildman–Crippen MR) is 103 cm³/mol. The number of aromatic amines is 2. The molecule has 1 aromatic carbocycles. The third kappa shape index (κ3) is 3.96. The quantitative estimate of drug-likeness (QED) is 0.323. The lowest BCUT2D eigenvalue weighted by Gasteiger charge is -2.17. The van der Waals surface area contributed by atoms with Gasteiger partial charge in [-0.05, 0) is 5.56 Å². The molecule has 0 spiro atoms. The normalized spacial score (nSPS) is 23.7. The fraction of sp³-hybridized carbons (Fsp3) is 0.368. The summed E-state index contributed by atoms with van der Waals surface area (Å²) >= 11 is 0. The number of hydrogen-bond acceptors (Lipinski definition) is 8. The highest BCUT2D eigenvalue weighted by atomic mass is 16.6. The first-order valence-corrected chi connectivity index (χ1v) is 9.37. The molecule has 1 aliphatic heterocycles. The van der Waals surface area contributed by atoms with Crippen molar-refractivity contribution in [3.63, 3.8) is 0 Å². The number of ether oxygens (including phenoxy) is 1. The maximum absolute atomic E-state index is 12.5. The molecule has 0 saturated carbocycles. The van der Waals surface area contributed by atoms with E-state index >= 15 is 0 Å². The molecule has 158 valence electrons. The lowest BCUT2D eigenvalue weighted by atomic mass is 10.0. The topological polar surface area (TPSA) is 166 Å². The lowest BCUT2D eigenvalue weighted by molar-refractivity contribution is -0.0235. The van der Waals surface area contributed by atoms with E-state index in [1.165, 1.54) is 4.68 Å². The first-order chi connectivity index (χ1) is 14.5. The molecule has 0 bridgehead atoms. The molecule has 1 aliphatic rings. The van der Waals surface area contributed by atoms with E-state index in [0.717, 1.165) is 5.56 Å². The third-order valence-corrected chi connectivity index (χ3v) is 5.02. The van der Waals surface area contributed by atoms with Gasteiger partial charge in [-0.15, -0.1) is 5.10 Å². The number of aliphatic hydroxyl groups excluding tert-OH is 3. The van der Waals surface area contributed by atoms with E-state index in [-0.39, 0.29) is 17.8 Å². The van der Waals surface area contributed by atoms with Gasteiger partial charge in [0.2, 0.25) is 0 Å². The summed E-state index contributed by atoms with van der Waals surface area (Å²) in [4.78, 5) is 28.9. The average molecular weight is 415 g/mol. The highest BCUT2D eigenvalue weighted by Crippen LogP contribution is 2.33. The summed E-state index contributed by atoms with van der Waals surface area (Å²) in [6, 6.07) is 9.70. The Morgan fingerprint density at radius 1 is 1.10 bits per heavy atom. The largest absolute Gasteiger partial charge is 0.394 e. The summed E-state index contributed by atoms with van der Waals surface area (Å²) < 4.78 is 6.92. The van der Waals surface area contributed by atoms with Gasteiger partial charge in [0, 0.05) is 12.6 Å². The van der Waals surface area contributed by atoms with Crippen molar-refractivity contribution in [3.05, 3.63) is 79.9 Å². The molecule has 0 radical (unpaired) electrons. The van der Waals surface area contributed by atoms with Crippen molar-refractivity contribution in [2.45, 2.75) is 37.4 Å². The molecule has 3 aromatic rings. The van der Waals surface area contributed by atoms with Crippen molar-refractivity contribution >= 4 is 0 Å². The summed E-state index contributed by atoms with van der Waals surface area (Å²) in [6.45, 7) is -0.542. The first kappa shape index (κ1) is 20.2. The van der Waals surface area contributed by atoms with Crippen molar-refractivity contribution in [1.29, 1.82) is 0 Å². The Kier molecular flexibility index (Phi) is 5.59. The molecule has 4 unspecified atom stereocenters. The summed E-state index contributed by atoms with van der Waals surface area (Å²) in [5, 5.41) is 37.8. The van der Waals surface area contributed by atoms with Gasteiger partial charge in [-0.3, -0.25) is 9.78 Å². The SMILES string of the molecule is O=c1[nH]c(Cn2cc(Cc3ccccc3)nn2)c(C2OC(CO)C(O)C2O)c(=O)[nH]1. The van der Waals surface area contributed by atoms with Gasteiger partial charge < -0.3 is 25.0 Å². The van der Waals surface area contributed by atoms with Crippen LogP contribution in [0.1, 0.15) is 28.6 Å². The molecule has 0 aliphatic carbocycles. The van der Waals surface area contributed by atoms with Gasteiger partial charge in [0.05, 0.1) is 30.1 Å². The van der Waals surface area contributed by atoms with Crippen LogP contribution in [0.5, 0.6) is 0 Å². The van der Waals surface area contributed by atoms with Crippen LogP contribution in [-0.2, 0) is 17.7 Å². The molecule has 11 nitrogen and oxygen atoms in total. The number of nitrogens with one attached hydrogen (secondary N) is 2. The van der Waals surface area contributed by atoms with Gasteiger partial charge >= 0.3 is 5.69 Å². The minimum absolute atomic E-state index is 0.0112. The van der Waals surface area contributed by atoms with E-state index in [0.29, 0.717) is 12.1 Å². The van der Waals surface area contributed by atoms with Crippen LogP contribution in [0.25, 0.3) is 0 Å². The fourth-order valence-corrected chi connectivity index (χ4v) is 3.57. The monoisotopic (exact) mass is 415 g/mol. The fourth-order valence-electron chi connectivity index (χ4n) is 3.57. The van der Waals surface area contributed by atoms with Crippen LogP contribution in [0.3, 0.4) is 0 Å². The van der Waals surface area contributed by atoms with Gasteiger partial charge in [0.15, 0.2) is 0 Å². The Morgan fingerprint density at radius 2 is 1.87 bits per heavy atom. The number of hydrogen-bond donors (Lipinski definition) is 5. The minimum Gasteiger partial charge on any atom is -0.394 e. The highest BCUT2D eigenvalue weighted by molar-refractivity contribution is 5.24. The molecule has 3 heterocycles. The molecule has 1 fully saturated rings. The van der Waals surface area contributed by atoms with E-state index in [2.05, 4.69) is 20.3 Å². The average Bonchev–Trinajstić information content (AvgIpc) is 3.27. The van der Waals surface area contributed by atoms with E-state index in [9.17, 15) is 24.9 Å². The van der Waals surface area contributed by atoms with Crippen molar-refractivity contribution in [3.8, 4) is 0 Å². The number of aromatic nitrogens is 5. The molecule has 2 aromatic heterocycles. The zero-order chi connectivity index (χ0) is 21.3. The second kappa shape index (κ2) is 8.32. The maximum atomic E-state index is 12.5. The van der Waals surface area contributed by atoms with Crippen LogP contribution in [0.15, 0.2) is 46.1 Å². The van der Waals surface area contributed by atoms with E-state index in [1.807, 2.05) is 30.3 Å². The second-order valence-electron chi connectivity index (χ2n) is 7.13. The minimum atomic E-state index is -1.45. The molecular formula is C19H21N5O6. The third-order valence-electron chi connectivity index (χ3n) is 5.02. The van der Waals surface area contributed by atoms with E-state index < -0.39 is 42.3 Å². The van der Waals surface area contributed by atoms with Gasteiger partial charge in [0.1, 0.15) is 24.4 Å².